The zero-order valence-electron chi connectivity index (χ0n) is 12.6. The van der Waals surface area contributed by atoms with Crippen molar-refractivity contribution >= 4 is 11.8 Å². The summed E-state index contributed by atoms with van der Waals surface area (Å²) in [6.45, 7) is 13.7. The van der Waals surface area contributed by atoms with E-state index in [0.29, 0.717) is 6.04 Å². The molecule has 0 aliphatic carbocycles. The van der Waals surface area contributed by atoms with Crippen molar-refractivity contribution < 1.29 is 0 Å². The molecule has 1 aliphatic rings. The van der Waals surface area contributed by atoms with Gasteiger partial charge in [-0.05, 0) is 18.6 Å². The molecule has 0 bridgehead atoms. The SMILES string of the molecule is C[C@@H](c1ccccc1SC(C)(C)C)N1CCNCC1. The highest BCUT2D eigenvalue weighted by atomic mass is 32.2. The summed E-state index contributed by atoms with van der Waals surface area (Å²) in [5, 5.41) is 3.43. The topological polar surface area (TPSA) is 15.3 Å². The van der Waals surface area contributed by atoms with Crippen LogP contribution in [0.3, 0.4) is 0 Å². The summed E-state index contributed by atoms with van der Waals surface area (Å²) >= 11 is 1.98. The summed E-state index contributed by atoms with van der Waals surface area (Å²) in [5.74, 6) is 0. The van der Waals surface area contributed by atoms with Gasteiger partial charge in [-0.3, -0.25) is 4.90 Å². The summed E-state index contributed by atoms with van der Waals surface area (Å²) in [7, 11) is 0. The average Bonchev–Trinajstić information content (AvgIpc) is 2.38. The van der Waals surface area contributed by atoms with Crippen LogP contribution in [-0.2, 0) is 0 Å². The van der Waals surface area contributed by atoms with Crippen LogP contribution in [0.15, 0.2) is 29.2 Å². The minimum atomic E-state index is 0.263. The highest BCUT2D eigenvalue weighted by Crippen LogP contribution is 2.37. The van der Waals surface area contributed by atoms with Gasteiger partial charge >= 0.3 is 0 Å². The Labute approximate surface area is 122 Å². The van der Waals surface area contributed by atoms with Crippen molar-refractivity contribution in [3.8, 4) is 0 Å². The van der Waals surface area contributed by atoms with Gasteiger partial charge in [0, 0.05) is 41.9 Å². The number of thioether (sulfide) groups is 1. The van der Waals surface area contributed by atoms with Gasteiger partial charge < -0.3 is 5.32 Å². The van der Waals surface area contributed by atoms with Crippen LogP contribution in [0, 0.1) is 0 Å². The molecule has 0 radical (unpaired) electrons. The monoisotopic (exact) mass is 278 g/mol. The zero-order valence-corrected chi connectivity index (χ0v) is 13.4. The van der Waals surface area contributed by atoms with Gasteiger partial charge in [0.15, 0.2) is 0 Å². The summed E-state index contributed by atoms with van der Waals surface area (Å²) < 4.78 is 0.263. The van der Waals surface area contributed by atoms with Crippen LogP contribution in [0.25, 0.3) is 0 Å². The Morgan fingerprint density at radius 3 is 2.42 bits per heavy atom. The maximum absolute atomic E-state index is 3.43. The summed E-state index contributed by atoms with van der Waals surface area (Å²) in [6, 6.07) is 9.39. The molecule has 19 heavy (non-hydrogen) atoms. The zero-order chi connectivity index (χ0) is 13.9. The maximum atomic E-state index is 3.43. The van der Waals surface area contributed by atoms with Crippen LogP contribution in [0.5, 0.6) is 0 Å². The molecule has 1 N–H and O–H groups in total. The lowest BCUT2D eigenvalue weighted by Crippen LogP contribution is -2.44. The van der Waals surface area contributed by atoms with Gasteiger partial charge in [0.1, 0.15) is 0 Å². The Balaban J connectivity index is 2.18. The molecule has 1 saturated heterocycles. The third kappa shape index (κ3) is 4.23. The third-order valence-corrected chi connectivity index (χ3v) is 4.69. The first-order valence-corrected chi connectivity index (χ1v) is 8.02. The third-order valence-electron chi connectivity index (χ3n) is 3.48. The predicted molar refractivity (Wildman–Crippen MR) is 84.9 cm³/mol. The number of rotatable bonds is 3. The van der Waals surface area contributed by atoms with E-state index in [1.165, 1.54) is 10.5 Å². The lowest BCUT2D eigenvalue weighted by molar-refractivity contribution is 0.184. The molecule has 0 aromatic heterocycles. The molecule has 1 aromatic carbocycles. The lowest BCUT2D eigenvalue weighted by atomic mass is 10.1. The Hall–Kier alpha value is -0.510. The van der Waals surface area contributed by atoms with Gasteiger partial charge in [-0.2, -0.15) is 0 Å². The number of piperazine rings is 1. The van der Waals surface area contributed by atoms with E-state index in [9.17, 15) is 0 Å². The second kappa shape index (κ2) is 6.29. The number of nitrogens with one attached hydrogen (secondary N) is 1. The largest absolute Gasteiger partial charge is 0.314 e. The van der Waals surface area contributed by atoms with Gasteiger partial charge in [0.25, 0.3) is 0 Å². The van der Waals surface area contributed by atoms with Crippen LogP contribution >= 0.6 is 11.8 Å². The van der Waals surface area contributed by atoms with Gasteiger partial charge in [0.2, 0.25) is 0 Å². The maximum Gasteiger partial charge on any atom is 0.0332 e. The van der Waals surface area contributed by atoms with Crippen LogP contribution in [0.2, 0.25) is 0 Å². The Kier molecular flexibility index (Phi) is 4.93. The molecule has 1 aromatic rings. The Bertz CT molecular complexity index is 405. The van der Waals surface area contributed by atoms with E-state index < -0.39 is 0 Å². The number of benzene rings is 1. The van der Waals surface area contributed by atoms with Crippen LogP contribution in [0.1, 0.15) is 39.3 Å². The van der Waals surface area contributed by atoms with Gasteiger partial charge in [0.05, 0.1) is 0 Å². The van der Waals surface area contributed by atoms with Crippen molar-refractivity contribution in [1.82, 2.24) is 10.2 Å². The molecule has 0 unspecified atom stereocenters. The molecular weight excluding hydrogens is 252 g/mol. The van der Waals surface area contributed by atoms with Crippen molar-refractivity contribution in [3.63, 3.8) is 0 Å². The minimum absolute atomic E-state index is 0.263. The molecule has 1 aliphatic heterocycles. The molecular formula is C16H26N2S. The fourth-order valence-electron chi connectivity index (χ4n) is 2.51. The second-order valence-electron chi connectivity index (χ2n) is 6.21. The highest BCUT2D eigenvalue weighted by molar-refractivity contribution is 8.00. The van der Waals surface area contributed by atoms with Crippen LogP contribution < -0.4 is 5.32 Å². The smallest absolute Gasteiger partial charge is 0.0332 e. The van der Waals surface area contributed by atoms with Gasteiger partial charge in [-0.25, -0.2) is 0 Å². The standard InChI is InChI=1S/C16H26N2S/c1-13(18-11-9-17-10-12-18)14-7-5-6-8-15(14)19-16(2,3)4/h5-8,13,17H,9-12H2,1-4H3/t13-/m0/s1. The molecule has 0 amide bonds. The van der Waals surface area contributed by atoms with E-state index in [1.807, 2.05) is 11.8 Å². The lowest BCUT2D eigenvalue weighted by Gasteiger charge is -2.34. The average molecular weight is 278 g/mol. The summed E-state index contributed by atoms with van der Waals surface area (Å²) in [6.07, 6.45) is 0. The molecule has 2 nitrogen and oxygen atoms in total. The van der Waals surface area contributed by atoms with Crippen molar-refractivity contribution in [2.45, 2.75) is 43.4 Å². The quantitative estimate of drug-likeness (QED) is 0.851. The first-order chi connectivity index (χ1) is 8.97. The van der Waals surface area contributed by atoms with E-state index in [0.717, 1.165) is 26.2 Å². The minimum Gasteiger partial charge on any atom is -0.314 e. The first kappa shape index (κ1) is 14.9. The highest BCUT2D eigenvalue weighted by Gasteiger charge is 2.22. The summed E-state index contributed by atoms with van der Waals surface area (Å²) in [5.41, 5.74) is 1.48. The van der Waals surface area contributed by atoms with Crippen LogP contribution in [0.4, 0.5) is 0 Å². The molecule has 1 heterocycles. The Morgan fingerprint density at radius 1 is 1.16 bits per heavy atom. The van der Waals surface area contributed by atoms with E-state index in [1.54, 1.807) is 0 Å². The van der Waals surface area contributed by atoms with Crippen LogP contribution in [-0.4, -0.2) is 35.8 Å². The number of nitrogens with zero attached hydrogens (tertiary/aromatic N) is 1. The summed E-state index contributed by atoms with van der Waals surface area (Å²) in [4.78, 5) is 4.01. The molecule has 0 spiro atoms. The van der Waals surface area contributed by atoms with Crippen molar-refractivity contribution in [2.24, 2.45) is 0 Å². The van der Waals surface area contributed by atoms with Crippen molar-refractivity contribution in [1.29, 1.82) is 0 Å². The Morgan fingerprint density at radius 2 is 1.79 bits per heavy atom. The van der Waals surface area contributed by atoms with E-state index in [2.05, 4.69) is 62.2 Å². The molecule has 1 fully saturated rings. The molecule has 0 saturated carbocycles. The number of hydrogen-bond acceptors (Lipinski definition) is 3. The normalized spacial score (nSPS) is 19.4. The predicted octanol–water partition coefficient (Wildman–Crippen LogP) is 3.54. The molecule has 1 atom stereocenters. The van der Waals surface area contributed by atoms with Gasteiger partial charge in [-0.15, -0.1) is 11.8 Å². The van der Waals surface area contributed by atoms with E-state index in [4.69, 9.17) is 0 Å². The fourth-order valence-corrected chi connectivity index (χ4v) is 3.68. The molecule has 106 valence electrons. The molecule has 3 heteroatoms. The number of hydrogen-bond donors (Lipinski definition) is 1. The second-order valence-corrected chi connectivity index (χ2v) is 8.08. The van der Waals surface area contributed by atoms with Crippen molar-refractivity contribution in [2.75, 3.05) is 26.2 Å². The first-order valence-electron chi connectivity index (χ1n) is 7.20. The van der Waals surface area contributed by atoms with Crippen molar-refractivity contribution in [3.05, 3.63) is 29.8 Å². The van der Waals surface area contributed by atoms with E-state index >= 15 is 0 Å². The van der Waals surface area contributed by atoms with E-state index in [-0.39, 0.29) is 4.75 Å². The fraction of sp³-hybridized carbons (Fsp3) is 0.625. The molecule has 2 rings (SSSR count). The van der Waals surface area contributed by atoms with Gasteiger partial charge in [-0.1, -0.05) is 39.0 Å².